The van der Waals surface area contributed by atoms with Crippen LogP contribution in [0.2, 0.25) is 10.0 Å². The van der Waals surface area contributed by atoms with Gasteiger partial charge in [0.1, 0.15) is 0 Å². The monoisotopic (exact) mass is 369 g/mol. The molecule has 1 aromatic carbocycles. The maximum Gasteiger partial charge on any atom is 0.416 e. The Morgan fingerprint density at radius 2 is 1.83 bits per heavy atom. The number of allylic oxidation sites excluding steroid dienone is 1. The molecular formula is C13H12Cl2F3N3O2. The molecule has 0 aromatic heterocycles. The van der Waals surface area contributed by atoms with Gasteiger partial charge in [0.15, 0.2) is 5.75 Å². The van der Waals surface area contributed by atoms with Gasteiger partial charge in [-0.25, -0.2) is 4.79 Å². The fraction of sp³-hybridized carbons (Fsp3) is 0.231. The molecule has 10 heteroatoms. The second-order valence-corrected chi connectivity index (χ2v) is 5.08. The van der Waals surface area contributed by atoms with Gasteiger partial charge in [-0.1, -0.05) is 23.2 Å². The van der Waals surface area contributed by atoms with Crippen molar-refractivity contribution in [3.05, 3.63) is 39.5 Å². The van der Waals surface area contributed by atoms with Crippen molar-refractivity contribution in [2.75, 3.05) is 7.05 Å². The lowest BCUT2D eigenvalue weighted by Gasteiger charge is -2.13. The summed E-state index contributed by atoms with van der Waals surface area (Å²) in [6, 6.07) is 0.794. The van der Waals surface area contributed by atoms with Crippen LogP contribution in [0, 0.1) is 5.41 Å². The third kappa shape index (κ3) is 5.65. The standard InChI is InChI=1S/C13H12Cl2F3N3O2/c1-6(21-12(22)20-2)3-10(19)23-11-8(14)4-7(5-9(11)15)13(16,17)18/h3-5,19H,1-2H3,(H2,20,21,22)/b6-3-,19-10?. The lowest BCUT2D eigenvalue weighted by atomic mass is 10.2. The van der Waals surface area contributed by atoms with Gasteiger partial charge in [-0.05, 0) is 19.1 Å². The fourth-order valence-electron chi connectivity index (χ4n) is 1.43. The van der Waals surface area contributed by atoms with E-state index in [0.29, 0.717) is 12.1 Å². The topological polar surface area (TPSA) is 74.2 Å². The maximum atomic E-state index is 12.6. The Morgan fingerprint density at radius 3 is 2.26 bits per heavy atom. The van der Waals surface area contributed by atoms with E-state index in [0.717, 1.165) is 6.08 Å². The molecule has 0 bridgehead atoms. The van der Waals surface area contributed by atoms with Gasteiger partial charge in [0, 0.05) is 18.8 Å². The largest absolute Gasteiger partial charge is 0.436 e. The van der Waals surface area contributed by atoms with Crippen LogP contribution in [0.4, 0.5) is 18.0 Å². The lowest BCUT2D eigenvalue weighted by Crippen LogP contribution is -2.31. The number of rotatable bonds is 3. The van der Waals surface area contributed by atoms with E-state index in [4.69, 9.17) is 33.3 Å². The molecule has 0 aliphatic carbocycles. The summed E-state index contributed by atoms with van der Waals surface area (Å²) in [7, 11) is 1.41. The van der Waals surface area contributed by atoms with Crippen molar-refractivity contribution in [1.29, 1.82) is 5.41 Å². The number of amides is 2. The Bertz CT molecular complexity index is 637. The quantitative estimate of drug-likeness (QED) is 0.551. The van der Waals surface area contributed by atoms with E-state index in [-0.39, 0.29) is 21.5 Å². The molecule has 0 aliphatic rings. The van der Waals surface area contributed by atoms with Gasteiger partial charge in [-0.3, -0.25) is 5.41 Å². The molecular weight excluding hydrogens is 358 g/mol. The molecule has 0 fully saturated rings. The van der Waals surface area contributed by atoms with Crippen molar-refractivity contribution in [3.63, 3.8) is 0 Å². The van der Waals surface area contributed by atoms with E-state index in [1.54, 1.807) is 0 Å². The Balaban J connectivity index is 2.95. The van der Waals surface area contributed by atoms with Crippen molar-refractivity contribution < 1.29 is 22.7 Å². The predicted octanol–water partition coefficient (Wildman–Crippen LogP) is 4.20. The van der Waals surface area contributed by atoms with Gasteiger partial charge in [0.25, 0.3) is 0 Å². The molecule has 0 saturated heterocycles. The van der Waals surface area contributed by atoms with Crippen molar-refractivity contribution >= 4 is 35.1 Å². The first-order chi connectivity index (χ1) is 10.5. The molecule has 126 valence electrons. The van der Waals surface area contributed by atoms with E-state index in [1.807, 2.05) is 0 Å². The molecule has 0 heterocycles. The van der Waals surface area contributed by atoms with Crippen LogP contribution in [0.5, 0.6) is 5.75 Å². The zero-order chi connectivity index (χ0) is 17.8. The van der Waals surface area contributed by atoms with Crippen LogP contribution >= 0.6 is 23.2 Å². The highest BCUT2D eigenvalue weighted by molar-refractivity contribution is 6.37. The summed E-state index contributed by atoms with van der Waals surface area (Å²) < 4.78 is 42.9. The second-order valence-electron chi connectivity index (χ2n) is 4.26. The number of carbonyl (C=O) groups excluding carboxylic acids is 1. The van der Waals surface area contributed by atoms with Crippen LogP contribution in [-0.2, 0) is 6.18 Å². The molecule has 23 heavy (non-hydrogen) atoms. The van der Waals surface area contributed by atoms with Crippen molar-refractivity contribution in [3.8, 4) is 5.75 Å². The van der Waals surface area contributed by atoms with Gasteiger partial charge in [-0.15, -0.1) is 0 Å². The lowest BCUT2D eigenvalue weighted by molar-refractivity contribution is -0.137. The highest BCUT2D eigenvalue weighted by atomic mass is 35.5. The Hall–Kier alpha value is -1.93. The second kappa shape index (κ2) is 7.56. The van der Waals surface area contributed by atoms with Gasteiger partial charge >= 0.3 is 12.2 Å². The fourth-order valence-corrected chi connectivity index (χ4v) is 2.00. The highest BCUT2D eigenvalue weighted by Gasteiger charge is 2.32. The zero-order valence-corrected chi connectivity index (χ0v) is 13.5. The molecule has 0 spiro atoms. The molecule has 0 aliphatic heterocycles. The first-order valence-corrected chi connectivity index (χ1v) is 6.80. The minimum absolute atomic E-state index is 0.272. The molecule has 2 amide bonds. The molecule has 0 atom stereocenters. The van der Waals surface area contributed by atoms with Crippen LogP contribution in [-0.4, -0.2) is 19.0 Å². The third-order valence-corrected chi connectivity index (χ3v) is 2.98. The van der Waals surface area contributed by atoms with E-state index in [1.165, 1.54) is 14.0 Å². The number of halogens is 5. The average molecular weight is 370 g/mol. The average Bonchev–Trinajstić information content (AvgIpc) is 2.41. The van der Waals surface area contributed by atoms with Crippen molar-refractivity contribution in [2.24, 2.45) is 0 Å². The smallest absolute Gasteiger partial charge is 0.416 e. The zero-order valence-electron chi connectivity index (χ0n) is 11.9. The number of urea groups is 1. The number of alkyl halides is 3. The first kappa shape index (κ1) is 19.1. The number of benzene rings is 1. The van der Waals surface area contributed by atoms with E-state index in [2.05, 4.69) is 10.6 Å². The van der Waals surface area contributed by atoms with Crippen molar-refractivity contribution in [2.45, 2.75) is 13.1 Å². The van der Waals surface area contributed by atoms with E-state index in [9.17, 15) is 18.0 Å². The Morgan fingerprint density at radius 1 is 1.30 bits per heavy atom. The van der Waals surface area contributed by atoms with Crippen LogP contribution < -0.4 is 15.4 Å². The van der Waals surface area contributed by atoms with E-state index >= 15 is 0 Å². The molecule has 5 nitrogen and oxygen atoms in total. The molecule has 0 saturated carbocycles. The summed E-state index contributed by atoms with van der Waals surface area (Å²) in [4.78, 5) is 11.1. The third-order valence-electron chi connectivity index (χ3n) is 2.42. The highest BCUT2D eigenvalue weighted by Crippen LogP contribution is 2.39. The SMILES string of the molecule is CNC(=O)N/C(C)=C\C(=N)Oc1c(Cl)cc(C(F)(F)F)cc1Cl. The van der Waals surface area contributed by atoms with Gasteiger partial charge < -0.3 is 15.4 Å². The van der Waals surface area contributed by atoms with Crippen LogP contribution in [0.3, 0.4) is 0 Å². The summed E-state index contributed by atoms with van der Waals surface area (Å²) in [6.07, 6.45) is -3.47. The maximum absolute atomic E-state index is 12.6. The van der Waals surface area contributed by atoms with E-state index < -0.39 is 23.7 Å². The predicted molar refractivity (Wildman–Crippen MR) is 81.2 cm³/mol. The number of ether oxygens (including phenoxy) is 1. The first-order valence-electron chi connectivity index (χ1n) is 6.04. The summed E-state index contributed by atoms with van der Waals surface area (Å²) in [5, 5.41) is 11.5. The summed E-state index contributed by atoms with van der Waals surface area (Å²) >= 11 is 11.4. The van der Waals surface area contributed by atoms with Crippen molar-refractivity contribution in [1.82, 2.24) is 10.6 Å². The molecule has 0 unspecified atom stereocenters. The van der Waals surface area contributed by atoms with Gasteiger partial charge in [0.2, 0.25) is 5.90 Å². The van der Waals surface area contributed by atoms with Gasteiger partial charge in [-0.2, -0.15) is 13.2 Å². The Labute approximate surface area is 139 Å². The number of hydrogen-bond acceptors (Lipinski definition) is 3. The number of carbonyl (C=O) groups is 1. The summed E-state index contributed by atoms with van der Waals surface area (Å²) in [5.74, 6) is -0.752. The molecule has 0 radical (unpaired) electrons. The summed E-state index contributed by atoms with van der Waals surface area (Å²) in [6.45, 7) is 1.49. The Kier molecular flexibility index (Phi) is 6.28. The molecule has 3 N–H and O–H groups in total. The normalized spacial score (nSPS) is 11.9. The van der Waals surface area contributed by atoms with Crippen LogP contribution in [0.15, 0.2) is 23.9 Å². The van der Waals surface area contributed by atoms with Crippen LogP contribution in [0.1, 0.15) is 12.5 Å². The molecule has 1 rings (SSSR count). The van der Waals surface area contributed by atoms with Crippen LogP contribution in [0.25, 0.3) is 0 Å². The minimum atomic E-state index is -4.60. The minimum Gasteiger partial charge on any atom is -0.436 e. The number of hydrogen-bond donors (Lipinski definition) is 3. The molecule has 1 aromatic rings. The van der Waals surface area contributed by atoms with Gasteiger partial charge in [0.05, 0.1) is 15.6 Å². The number of nitrogens with one attached hydrogen (secondary N) is 3. The summed E-state index contributed by atoms with van der Waals surface area (Å²) in [5.41, 5.74) is -0.757.